The summed E-state index contributed by atoms with van der Waals surface area (Å²) in [6.07, 6.45) is 5.26. The molecular formula is C23H24N8O3. The van der Waals surface area contributed by atoms with Gasteiger partial charge in [-0.2, -0.15) is 0 Å². The lowest BCUT2D eigenvalue weighted by Gasteiger charge is -2.36. The van der Waals surface area contributed by atoms with Crippen LogP contribution in [0.25, 0.3) is 33.2 Å². The Morgan fingerprint density at radius 1 is 1.18 bits per heavy atom. The molecule has 5 heterocycles. The minimum atomic E-state index is -0.636. The molecule has 0 aliphatic carbocycles. The van der Waals surface area contributed by atoms with Crippen molar-refractivity contribution in [1.29, 1.82) is 0 Å². The Labute approximate surface area is 193 Å². The summed E-state index contributed by atoms with van der Waals surface area (Å²) in [6, 6.07) is 3.41. The second-order valence-electron chi connectivity index (χ2n) is 8.43. The SMILES string of the molecule is C=C([C@@H](C)O)N1CCC(n2c(=O)[nH]c(=O)c3cnc4ccc(-c5cnc(N)nc5)nc4c32)CC1. The van der Waals surface area contributed by atoms with Crippen molar-refractivity contribution in [3.63, 3.8) is 0 Å². The van der Waals surface area contributed by atoms with Gasteiger partial charge in [0, 0.05) is 49.0 Å². The fourth-order valence-corrected chi connectivity index (χ4v) is 4.44. The zero-order valence-electron chi connectivity index (χ0n) is 18.6. The number of hydrogen-bond donors (Lipinski definition) is 3. The van der Waals surface area contributed by atoms with Gasteiger partial charge in [0.05, 0.1) is 28.2 Å². The van der Waals surface area contributed by atoms with Crippen LogP contribution in [0.3, 0.4) is 0 Å². The van der Waals surface area contributed by atoms with Gasteiger partial charge in [0.2, 0.25) is 5.95 Å². The van der Waals surface area contributed by atoms with Gasteiger partial charge < -0.3 is 15.7 Å². The lowest BCUT2D eigenvalue weighted by molar-refractivity contribution is 0.151. The van der Waals surface area contributed by atoms with Crippen molar-refractivity contribution in [2.75, 3.05) is 18.8 Å². The molecule has 0 radical (unpaired) electrons. The molecule has 0 spiro atoms. The monoisotopic (exact) mass is 460 g/mol. The van der Waals surface area contributed by atoms with Gasteiger partial charge in [-0.3, -0.25) is 19.3 Å². The maximum Gasteiger partial charge on any atom is 0.329 e. The molecule has 1 saturated heterocycles. The summed E-state index contributed by atoms with van der Waals surface area (Å²) in [5.74, 6) is 0.154. The Morgan fingerprint density at radius 2 is 1.88 bits per heavy atom. The maximum atomic E-state index is 13.1. The Morgan fingerprint density at radius 3 is 2.56 bits per heavy atom. The van der Waals surface area contributed by atoms with E-state index in [4.69, 9.17) is 10.7 Å². The molecule has 5 rings (SSSR count). The molecule has 4 aromatic rings. The Hall–Kier alpha value is -4.12. The lowest BCUT2D eigenvalue weighted by atomic mass is 10.0. The number of aromatic nitrogens is 6. The third kappa shape index (κ3) is 3.69. The van der Waals surface area contributed by atoms with Crippen molar-refractivity contribution in [2.24, 2.45) is 0 Å². The number of nitrogens with zero attached hydrogens (tertiary/aromatic N) is 6. The van der Waals surface area contributed by atoms with Crippen molar-refractivity contribution < 1.29 is 5.11 Å². The highest BCUT2D eigenvalue weighted by atomic mass is 16.3. The third-order valence-corrected chi connectivity index (χ3v) is 6.30. The molecule has 0 unspecified atom stereocenters. The van der Waals surface area contributed by atoms with E-state index in [0.717, 1.165) is 0 Å². The number of nitrogen functional groups attached to an aromatic ring is 1. The molecule has 4 aromatic heterocycles. The van der Waals surface area contributed by atoms with E-state index in [1.807, 2.05) is 4.90 Å². The molecule has 1 aliphatic rings. The molecule has 4 N–H and O–H groups in total. The van der Waals surface area contributed by atoms with E-state index in [1.54, 1.807) is 36.0 Å². The van der Waals surface area contributed by atoms with Crippen molar-refractivity contribution in [2.45, 2.75) is 31.9 Å². The average molecular weight is 460 g/mol. The molecule has 0 aromatic carbocycles. The van der Waals surface area contributed by atoms with E-state index in [1.165, 1.54) is 6.20 Å². The lowest BCUT2D eigenvalue weighted by Crippen LogP contribution is -2.40. The van der Waals surface area contributed by atoms with Crippen LogP contribution in [0.5, 0.6) is 0 Å². The quantitative estimate of drug-likeness (QED) is 0.381. The summed E-state index contributed by atoms with van der Waals surface area (Å²) < 4.78 is 1.62. The second-order valence-corrected chi connectivity index (χ2v) is 8.43. The van der Waals surface area contributed by atoms with Gasteiger partial charge in [-0.25, -0.2) is 19.7 Å². The van der Waals surface area contributed by atoms with Crippen LogP contribution in [-0.2, 0) is 0 Å². The highest BCUT2D eigenvalue weighted by molar-refractivity contribution is 6.01. The molecule has 0 bridgehead atoms. The number of fused-ring (bicyclic) bond motifs is 3. The van der Waals surface area contributed by atoms with Crippen LogP contribution in [-0.4, -0.2) is 58.7 Å². The minimum absolute atomic E-state index is 0.154. The highest BCUT2D eigenvalue weighted by Gasteiger charge is 2.26. The van der Waals surface area contributed by atoms with E-state index in [9.17, 15) is 14.7 Å². The topological polar surface area (TPSA) is 156 Å². The number of nitrogens with one attached hydrogen (secondary N) is 1. The van der Waals surface area contributed by atoms with Crippen LogP contribution < -0.4 is 17.0 Å². The first-order valence-electron chi connectivity index (χ1n) is 11.0. The largest absolute Gasteiger partial charge is 0.387 e. The molecule has 1 fully saturated rings. The summed E-state index contributed by atoms with van der Waals surface area (Å²) in [5.41, 5.74) is 7.95. The fraction of sp³-hybridized carbons (Fsp3) is 0.304. The standard InChI is InChI=1S/C23H24N8O3/c1-12(13(2)32)30-7-5-15(6-8-30)31-20-16(21(33)29-23(31)34)11-25-18-4-3-17(28-19(18)20)14-9-26-22(24)27-10-14/h3-4,9-11,13,15,32H,1,5-8H2,2H3,(H2,24,26,27)(H,29,33,34)/t13-/m1/s1. The first-order chi connectivity index (χ1) is 16.3. The zero-order chi connectivity index (χ0) is 24.0. The summed E-state index contributed by atoms with van der Waals surface area (Å²) in [4.78, 5) is 47.4. The van der Waals surface area contributed by atoms with Crippen LogP contribution in [0.15, 0.2) is 52.6 Å². The van der Waals surface area contributed by atoms with Crippen molar-refractivity contribution >= 4 is 27.9 Å². The van der Waals surface area contributed by atoms with E-state index in [-0.39, 0.29) is 12.0 Å². The van der Waals surface area contributed by atoms with Crippen LogP contribution in [0.1, 0.15) is 25.8 Å². The third-order valence-electron chi connectivity index (χ3n) is 6.30. The number of piperidine rings is 1. The number of rotatable bonds is 4. The number of aliphatic hydroxyl groups is 1. The Balaban J connectivity index is 1.66. The number of H-pyrrole nitrogens is 1. The summed E-state index contributed by atoms with van der Waals surface area (Å²) in [6.45, 7) is 6.91. The zero-order valence-corrected chi connectivity index (χ0v) is 18.6. The maximum absolute atomic E-state index is 13.1. The molecule has 1 aliphatic heterocycles. The summed E-state index contributed by atoms with van der Waals surface area (Å²) >= 11 is 0. The first kappa shape index (κ1) is 21.7. The molecule has 11 heteroatoms. The summed E-state index contributed by atoms with van der Waals surface area (Å²) in [5, 5.41) is 10.2. The highest BCUT2D eigenvalue weighted by Crippen LogP contribution is 2.29. The number of aromatic amines is 1. The smallest absolute Gasteiger partial charge is 0.329 e. The minimum Gasteiger partial charge on any atom is -0.387 e. The molecule has 11 nitrogen and oxygen atoms in total. The fourth-order valence-electron chi connectivity index (χ4n) is 4.44. The van der Waals surface area contributed by atoms with Gasteiger partial charge in [-0.1, -0.05) is 6.58 Å². The average Bonchev–Trinajstić information content (AvgIpc) is 2.84. The van der Waals surface area contributed by atoms with Crippen LogP contribution in [0.4, 0.5) is 5.95 Å². The number of pyridine rings is 2. The normalized spacial score (nSPS) is 15.6. The predicted octanol–water partition coefficient (Wildman–Crippen LogP) is 1.20. The number of hydrogen-bond acceptors (Lipinski definition) is 9. The van der Waals surface area contributed by atoms with Crippen molar-refractivity contribution in [1.82, 2.24) is 34.4 Å². The number of nitrogens with two attached hydrogens (primary N) is 1. The molecule has 1 atom stereocenters. The molecule has 0 amide bonds. The van der Waals surface area contributed by atoms with Crippen LogP contribution in [0, 0.1) is 0 Å². The second kappa shape index (κ2) is 8.34. The summed E-state index contributed by atoms with van der Waals surface area (Å²) in [7, 11) is 0. The van der Waals surface area contributed by atoms with E-state index in [0.29, 0.717) is 64.8 Å². The van der Waals surface area contributed by atoms with Gasteiger partial charge in [-0.05, 0) is 31.9 Å². The Kier molecular flexibility index (Phi) is 5.33. The number of aliphatic hydroxyl groups excluding tert-OH is 1. The van der Waals surface area contributed by atoms with Gasteiger partial charge in [-0.15, -0.1) is 0 Å². The Bertz CT molecular complexity index is 1520. The van der Waals surface area contributed by atoms with Gasteiger partial charge in [0.1, 0.15) is 5.52 Å². The molecule has 174 valence electrons. The van der Waals surface area contributed by atoms with Crippen molar-refractivity contribution in [3.05, 3.63) is 63.8 Å². The van der Waals surface area contributed by atoms with E-state index in [2.05, 4.69) is 26.5 Å². The van der Waals surface area contributed by atoms with Crippen LogP contribution in [0.2, 0.25) is 0 Å². The molecule has 0 saturated carbocycles. The number of anilines is 1. The van der Waals surface area contributed by atoms with Gasteiger partial charge >= 0.3 is 5.69 Å². The van der Waals surface area contributed by atoms with E-state index < -0.39 is 17.4 Å². The molecule has 34 heavy (non-hydrogen) atoms. The molecular weight excluding hydrogens is 436 g/mol. The van der Waals surface area contributed by atoms with Gasteiger partial charge in [0.25, 0.3) is 5.56 Å². The van der Waals surface area contributed by atoms with Crippen LogP contribution >= 0.6 is 0 Å². The van der Waals surface area contributed by atoms with E-state index >= 15 is 0 Å². The first-order valence-corrected chi connectivity index (χ1v) is 11.0. The van der Waals surface area contributed by atoms with Crippen molar-refractivity contribution in [3.8, 4) is 11.3 Å². The number of likely N-dealkylation sites (tertiary alicyclic amines) is 1. The predicted molar refractivity (Wildman–Crippen MR) is 128 cm³/mol. The van der Waals surface area contributed by atoms with Gasteiger partial charge in [0.15, 0.2) is 0 Å².